The van der Waals surface area contributed by atoms with Crippen LogP contribution in [0, 0.1) is 5.92 Å². The molecule has 0 saturated carbocycles. The highest BCUT2D eigenvalue weighted by Crippen LogP contribution is 2.19. The number of aromatic nitrogens is 2. The van der Waals surface area contributed by atoms with Crippen LogP contribution < -0.4 is 21.5 Å². The maximum atomic E-state index is 13.0. The molecular weight excluding hydrogens is 510 g/mol. The third kappa shape index (κ3) is 7.08. The third-order valence-corrected chi connectivity index (χ3v) is 6.67. The summed E-state index contributed by atoms with van der Waals surface area (Å²) in [5.41, 5.74) is 6.28. The van der Waals surface area contributed by atoms with Gasteiger partial charge in [-0.3, -0.25) is 9.47 Å². The van der Waals surface area contributed by atoms with Crippen molar-refractivity contribution in [2.75, 3.05) is 32.8 Å². The average molecular weight is 546 g/mol. The summed E-state index contributed by atoms with van der Waals surface area (Å²) in [6, 6.07) is 16.2. The number of piperidine rings is 1. The smallest absolute Gasteiger partial charge is 0.404 e. The minimum Gasteiger partial charge on any atom is -0.490 e. The van der Waals surface area contributed by atoms with Crippen LogP contribution in [0.1, 0.15) is 32.7 Å². The van der Waals surface area contributed by atoms with Crippen molar-refractivity contribution >= 4 is 35.6 Å². The van der Waals surface area contributed by atoms with E-state index in [0.29, 0.717) is 24.4 Å². The highest BCUT2D eigenvalue weighted by molar-refractivity contribution is 5.89. The molecule has 0 spiro atoms. The fourth-order valence-corrected chi connectivity index (χ4v) is 4.83. The summed E-state index contributed by atoms with van der Waals surface area (Å²) < 4.78 is 13.9. The number of amides is 2. The molecule has 1 aromatic heterocycles. The first kappa shape index (κ1) is 29.1. The van der Waals surface area contributed by atoms with Gasteiger partial charge in [0.1, 0.15) is 12.4 Å². The van der Waals surface area contributed by atoms with Gasteiger partial charge in [0.15, 0.2) is 6.10 Å². The third-order valence-electron chi connectivity index (χ3n) is 6.67. The monoisotopic (exact) mass is 545 g/mol. The molecule has 2 heterocycles. The molecule has 10 nitrogen and oxygen atoms in total. The van der Waals surface area contributed by atoms with Gasteiger partial charge in [-0.1, -0.05) is 30.3 Å². The zero-order chi connectivity index (χ0) is 26.4. The Bertz CT molecular complexity index is 1270. The number of benzene rings is 2. The second-order valence-corrected chi connectivity index (χ2v) is 9.68. The number of halogens is 1. The lowest BCUT2D eigenvalue weighted by atomic mass is 9.96. The fraction of sp³-hybridized carbons (Fsp3) is 0.444. The van der Waals surface area contributed by atoms with Crippen LogP contribution in [0.3, 0.4) is 0 Å². The van der Waals surface area contributed by atoms with Gasteiger partial charge in [-0.2, -0.15) is 0 Å². The van der Waals surface area contributed by atoms with E-state index in [-0.39, 0.29) is 36.7 Å². The number of nitrogens with zero attached hydrogens (tertiary/aromatic N) is 3. The Balaban J connectivity index is 0.00000400. The van der Waals surface area contributed by atoms with Gasteiger partial charge in [-0.25, -0.2) is 19.0 Å². The van der Waals surface area contributed by atoms with E-state index in [9.17, 15) is 14.4 Å². The van der Waals surface area contributed by atoms with Crippen molar-refractivity contribution in [1.29, 1.82) is 0 Å². The predicted molar refractivity (Wildman–Crippen MR) is 148 cm³/mol. The summed E-state index contributed by atoms with van der Waals surface area (Å²) >= 11 is 0. The molecule has 1 saturated heterocycles. The number of primary amides is 1. The van der Waals surface area contributed by atoms with E-state index < -0.39 is 18.2 Å². The van der Waals surface area contributed by atoms with Crippen molar-refractivity contribution in [2.45, 2.75) is 38.8 Å². The first-order chi connectivity index (χ1) is 17.8. The van der Waals surface area contributed by atoms with Crippen LogP contribution in [0.4, 0.5) is 9.59 Å². The molecule has 1 atom stereocenters. The van der Waals surface area contributed by atoms with E-state index in [1.165, 1.54) is 4.57 Å². The number of fused-ring (bicyclic) bond motifs is 1. The molecule has 3 N–H and O–H groups in total. The van der Waals surface area contributed by atoms with Crippen LogP contribution in [0.2, 0.25) is 0 Å². The van der Waals surface area contributed by atoms with Gasteiger partial charge in [0, 0.05) is 19.1 Å². The summed E-state index contributed by atoms with van der Waals surface area (Å²) in [6.45, 7) is 6.64. The Hall–Kier alpha value is -3.50. The predicted octanol–water partition coefficient (Wildman–Crippen LogP) is 3.62. The summed E-state index contributed by atoms with van der Waals surface area (Å²) in [7, 11) is 0. The highest BCUT2D eigenvalue weighted by atomic mass is 35.5. The van der Waals surface area contributed by atoms with E-state index in [4.69, 9.17) is 15.2 Å². The van der Waals surface area contributed by atoms with E-state index in [1.807, 2.05) is 62.4 Å². The molecule has 11 heteroatoms. The van der Waals surface area contributed by atoms with Crippen LogP contribution in [-0.4, -0.2) is 65.0 Å². The van der Waals surface area contributed by atoms with Crippen LogP contribution in [0.5, 0.6) is 5.75 Å². The van der Waals surface area contributed by atoms with E-state index >= 15 is 0 Å². The Morgan fingerprint density at radius 3 is 2.29 bits per heavy atom. The zero-order valence-electron chi connectivity index (χ0n) is 21.7. The van der Waals surface area contributed by atoms with Crippen molar-refractivity contribution in [2.24, 2.45) is 11.7 Å². The highest BCUT2D eigenvalue weighted by Gasteiger charge is 2.25. The summed E-state index contributed by atoms with van der Waals surface area (Å²) in [5, 5.41) is 2.96. The molecule has 0 bridgehead atoms. The number of carbonyl (C=O) groups excluding carboxylic acids is 2. The normalized spacial score (nSPS) is 15.1. The van der Waals surface area contributed by atoms with E-state index in [2.05, 4.69) is 10.2 Å². The molecule has 0 radical (unpaired) electrons. The second kappa shape index (κ2) is 13.3. The van der Waals surface area contributed by atoms with Gasteiger partial charge in [0.25, 0.3) is 0 Å². The van der Waals surface area contributed by atoms with Gasteiger partial charge in [-0.05, 0) is 70.0 Å². The summed E-state index contributed by atoms with van der Waals surface area (Å²) in [5.74, 6) is 0.982. The van der Waals surface area contributed by atoms with Crippen molar-refractivity contribution in [1.82, 2.24) is 19.4 Å². The lowest BCUT2D eigenvalue weighted by Gasteiger charge is -2.33. The lowest BCUT2D eigenvalue weighted by molar-refractivity contribution is 0.0368. The number of rotatable bonds is 9. The number of nitrogens with one attached hydrogen (secondary N) is 1. The quantitative estimate of drug-likeness (QED) is 0.423. The number of hydrogen-bond acceptors (Lipinski definition) is 6. The van der Waals surface area contributed by atoms with Crippen molar-refractivity contribution in [3.8, 4) is 5.75 Å². The number of likely N-dealkylation sites (tertiary alicyclic amines) is 1. The first-order valence-electron chi connectivity index (χ1n) is 12.7. The van der Waals surface area contributed by atoms with E-state index in [1.54, 1.807) is 10.6 Å². The number of imidazole rings is 1. The van der Waals surface area contributed by atoms with Gasteiger partial charge in [0.2, 0.25) is 0 Å². The number of ether oxygens (including phenoxy) is 2. The molecule has 38 heavy (non-hydrogen) atoms. The number of hydrogen-bond donors (Lipinski definition) is 2. The van der Waals surface area contributed by atoms with Crippen molar-refractivity contribution < 1.29 is 19.1 Å². The van der Waals surface area contributed by atoms with Gasteiger partial charge in [0.05, 0.1) is 11.0 Å². The van der Waals surface area contributed by atoms with Gasteiger partial charge < -0.3 is 20.5 Å². The standard InChI is InChI=1S/C27H35N5O5.ClH/c1-19(2)31-23-10-6-7-11-24(23)32(27(31)35)26(34)29-16-20-12-14-30(15-13-20)17-22(37-25(28)33)18-36-21-8-4-3-5-9-21;/h3-11,19-20,22H,12-18H2,1-2H3,(H2,28,33)(H,29,34);1H. The number of nitrogens with two attached hydrogens (primary N) is 1. The summed E-state index contributed by atoms with van der Waals surface area (Å²) in [4.78, 5) is 39.6. The molecular formula is C27H36ClN5O5. The molecule has 4 rings (SSSR count). The summed E-state index contributed by atoms with van der Waals surface area (Å²) in [6.07, 6.45) is 0.421. The Labute approximate surface area is 228 Å². The van der Waals surface area contributed by atoms with Crippen molar-refractivity contribution in [3.05, 3.63) is 65.1 Å². The topological polar surface area (TPSA) is 121 Å². The number of para-hydroxylation sites is 3. The zero-order valence-corrected chi connectivity index (χ0v) is 22.6. The second-order valence-electron chi connectivity index (χ2n) is 9.68. The fourth-order valence-electron chi connectivity index (χ4n) is 4.83. The maximum absolute atomic E-state index is 13.0. The van der Waals surface area contributed by atoms with Gasteiger partial charge in [-0.15, -0.1) is 12.4 Å². The molecule has 3 aromatic rings. The lowest BCUT2D eigenvalue weighted by Crippen LogP contribution is -2.45. The molecule has 1 fully saturated rings. The first-order valence-corrected chi connectivity index (χ1v) is 12.7. The largest absolute Gasteiger partial charge is 0.490 e. The van der Waals surface area contributed by atoms with Gasteiger partial charge >= 0.3 is 17.8 Å². The molecule has 2 aromatic carbocycles. The SMILES string of the molecule is CC(C)n1c(=O)n(C(=O)NCC2CCN(CC(COc3ccccc3)OC(N)=O)CC2)c2ccccc21.Cl. The molecule has 206 valence electrons. The Morgan fingerprint density at radius 2 is 1.66 bits per heavy atom. The Morgan fingerprint density at radius 1 is 1.03 bits per heavy atom. The molecule has 0 aliphatic carbocycles. The van der Waals surface area contributed by atoms with Crippen LogP contribution in [-0.2, 0) is 4.74 Å². The van der Waals surface area contributed by atoms with Crippen LogP contribution >= 0.6 is 12.4 Å². The minimum atomic E-state index is -0.826. The van der Waals surface area contributed by atoms with Crippen LogP contribution in [0.15, 0.2) is 59.4 Å². The molecule has 1 aliphatic rings. The van der Waals surface area contributed by atoms with Crippen molar-refractivity contribution in [3.63, 3.8) is 0 Å². The molecule has 1 aliphatic heterocycles. The number of carbonyl (C=O) groups is 2. The molecule has 1 unspecified atom stereocenters. The van der Waals surface area contributed by atoms with E-state index in [0.717, 1.165) is 31.4 Å². The minimum absolute atomic E-state index is 0. The molecule has 2 amide bonds. The Kier molecular flexibility index (Phi) is 10.2. The maximum Gasteiger partial charge on any atom is 0.404 e. The average Bonchev–Trinajstić information content (AvgIpc) is 3.19. The van der Waals surface area contributed by atoms with Crippen LogP contribution in [0.25, 0.3) is 11.0 Å².